The molecule has 1 aromatic carbocycles. The highest BCUT2D eigenvalue weighted by Crippen LogP contribution is 2.21. The molecule has 1 N–H and O–H groups in total. The highest BCUT2D eigenvalue weighted by molar-refractivity contribution is 5.96. The molecule has 0 saturated heterocycles. The lowest BCUT2D eigenvalue weighted by Gasteiger charge is -2.22. The van der Waals surface area contributed by atoms with Crippen molar-refractivity contribution in [3.8, 4) is 5.88 Å². The van der Waals surface area contributed by atoms with E-state index in [-0.39, 0.29) is 23.5 Å². The number of hydrogen-bond acceptors (Lipinski definition) is 4. The number of ether oxygens (including phenoxy) is 1. The maximum absolute atomic E-state index is 12.4. The number of hydrogen-bond donors (Lipinski definition) is 1. The number of rotatable bonds is 3. The number of amides is 1. The van der Waals surface area contributed by atoms with Crippen molar-refractivity contribution in [3.63, 3.8) is 0 Å². The highest BCUT2D eigenvalue weighted by atomic mass is 16.5. The second kappa shape index (κ2) is 6.08. The average Bonchev–Trinajstić information content (AvgIpc) is 2.54. The fourth-order valence-corrected chi connectivity index (χ4v) is 2.77. The van der Waals surface area contributed by atoms with E-state index in [9.17, 15) is 4.79 Å². The van der Waals surface area contributed by atoms with Crippen LogP contribution in [0.1, 0.15) is 42.6 Å². The van der Waals surface area contributed by atoms with Crippen LogP contribution in [0.3, 0.4) is 0 Å². The van der Waals surface area contributed by atoms with E-state index in [0.29, 0.717) is 5.52 Å². The molecule has 1 aliphatic rings. The summed E-state index contributed by atoms with van der Waals surface area (Å²) in [5.74, 6) is 0.0824. The lowest BCUT2D eigenvalue weighted by molar-refractivity contribution is 0.0919. The first-order chi connectivity index (χ1) is 10.3. The number of nitrogens with one attached hydrogen (secondary N) is 1. The number of benzene rings is 1. The molecule has 0 radical (unpaired) electrons. The van der Waals surface area contributed by atoms with E-state index >= 15 is 0 Å². The molecule has 3 rings (SSSR count). The van der Waals surface area contributed by atoms with Crippen LogP contribution in [-0.2, 0) is 0 Å². The molecule has 5 heteroatoms. The van der Waals surface area contributed by atoms with Crippen LogP contribution in [0.15, 0.2) is 24.3 Å². The van der Waals surface area contributed by atoms with Crippen molar-refractivity contribution < 1.29 is 9.53 Å². The van der Waals surface area contributed by atoms with Crippen LogP contribution in [0.5, 0.6) is 5.88 Å². The number of methoxy groups -OCH3 is 1. The van der Waals surface area contributed by atoms with E-state index in [4.69, 9.17) is 4.74 Å². The lowest BCUT2D eigenvalue weighted by Crippen LogP contribution is -2.36. The topological polar surface area (TPSA) is 64.1 Å². The normalized spacial score (nSPS) is 15.9. The third-order valence-corrected chi connectivity index (χ3v) is 3.89. The third kappa shape index (κ3) is 2.96. The van der Waals surface area contributed by atoms with Gasteiger partial charge in [0.05, 0.1) is 18.1 Å². The first-order valence-corrected chi connectivity index (χ1v) is 7.39. The van der Waals surface area contributed by atoms with Gasteiger partial charge in [0, 0.05) is 6.04 Å². The van der Waals surface area contributed by atoms with Crippen molar-refractivity contribution in [1.29, 1.82) is 0 Å². The van der Waals surface area contributed by atoms with Gasteiger partial charge in [-0.25, -0.2) is 9.97 Å². The van der Waals surface area contributed by atoms with Crippen LogP contribution in [0.25, 0.3) is 11.0 Å². The summed E-state index contributed by atoms with van der Waals surface area (Å²) in [6.07, 6.45) is 5.67. The van der Waals surface area contributed by atoms with E-state index in [0.717, 1.165) is 18.4 Å². The first kappa shape index (κ1) is 13.8. The maximum atomic E-state index is 12.4. The number of carbonyl (C=O) groups excluding carboxylic acids is 1. The van der Waals surface area contributed by atoms with Crippen molar-refractivity contribution in [2.75, 3.05) is 7.11 Å². The van der Waals surface area contributed by atoms with Gasteiger partial charge in [0.15, 0.2) is 5.69 Å². The minimum atomic E-state index is -0.197. The molecule has 0 aliphatic heterocycles. The Kier molecular flexibility index (Phi) is 3.99. The number of nitrogens with zero attached hydrogens (tertiary/aromatic N) is 2. The van der Waals surface area contributed by atoms with E-state index < -0.39 is 0 Å². The Labute approximate surface area is 123 Å². The molecule has 0 spiro atoms. The van der Waals surface area contributed by atoms with Crippen LogP contribution < -0.4 is 10.1 Å². The Morgan fingerprint density at radius 1 is 1.14 bits per heavy atom. The molecular formula is C16H19N3O2. The minimum Gasteiger partial charge on any atom is -0.479 e. The van der Waals surface area contributed by atoms with Gasteiger partial charge in [0.25, 0.3) is 5.91 Å². The first-order valence-electron chi connectivity index (χ1n) is 7.39. The van der Waals surface area contributed by atoms with E-state index in [1.54, 1.807) is 0 Å². The Morgan fingerprint density at radius 3 is 2.48 bits per heavy atom. The van der Waals surface area contributed by atoms with Gasteiger partial charge >= 0.3 is 0 Å². The number of carbonyl (C=O) groups is 1. The smallest absolute Gasteiger partial charge is 0.275 e. The summed E-state index contributed by atoms with van der Waals surface area (Å²) in [6, 6.07) is 7.71. The summed E-state index contributed by atoms with van der Waals surface area (Å²) in [5, 5.41) is 3.05. The molecule has 1 aliphatic carbocycles. The molecule has 1 heterocycles. The number of fused-ring (bicyclic) bond motifs is 1. The van der Waals surface area contributed by atoms with Crippen LogP contribution in [0.2, 0.25) is 0 Å². The summed E-state index contributed by atoms with van der Waals surface area (Å²) >= 11 is 0. The molecule has 1 fully saturated rings. The molecule has 1 amide bonds. The molecule has 2 aromatic rings. The second-order valence-corrected chi connectivity index (χ2v) is 5.38. The van der Waals surface area contributed by atoms with Gasteiger partial charge in [-0.15, -0.1) is 0 Å². The molecule has 0 bridgehead atoms. The Hall–Kier alpha value is -2.17. The van der Waals surface area contributed by atoms with Gasteiger partial charge in [0.2, 0.25) is 5.88 Å². The van der Waals surface area contributed by atoms with Crippen LogP contribution in [0, 0.1) is 0 Å². The van der Waals surface area contributed by atoms with Crippen LogP contribution in [0.4, 0.5) is 0 Å². The molecule has 21 heavy (non-hydrogen) atoms. The fourth-order valence-electron chi connectivity index (χ4n) is 2.77. The maximum Gasteiger partial charge on any atom is 0.275 e. The van der Waals surface area contributed by atoms with E-state index in [1.165, 1.54) is 26.4 Å². The zero-order valence-electron chi connectivity index (χ0n) is 12.1. The summed E-state index contributed by atoms with van der Waals surface area (Å²) in [4.78, 5) is 21.2. The summed E-state index contributed by atoms with van der Waals surface area (Å²) in [5.41, 5.74) is 1.69. The van der Waals surface area contributed by atoms with Crippen molar-refractivity contribution in [2.24, 2.45) is 0 Å². The molecular weight excluding hydrogens is 266 g/mol. The number of aromatic nitrogens is 2. The van der Waals surface area contributed by atoms with Crippen LogP contribution in [-0.4, -0.2) is 29.0 Å². The highest BCUT2D eigenvalue weighted by Gasteiger charge is 2.21. The fraction of sp³-hybridized carbons (Fsp3) is 0.438. The lowest BCUT2D eigenvalue weighted by atomic mass is 9.95. The Morgan fingerprint density at radius 2 is 1.81 bits per heavy atom. The predicted octanol–water partition coefficient (Wildman–Crippen LogP) is 2.70. The Bertz CT molecular complexity index is 651. The molecule has 110 valence electrons. The van der Waals surface area contributed by atoms with Gasteiger partial charge in [-0.3, -0.25) is 4.79 Å². The molecule has 0 atom stereocenters. The zero-order valence-corrected chi connectivity index (χ0v) is 12.1. The van der Waals surface area contributed by atoms with E-state index in [1.807, 2.05) is 24.3 Å². The largest absolute Gasteiger partial charge is 0.479 e. The molecule has 1 aromatic heterocycles. The predicted molar refractivity (Wildman–Crippen MR) is 80.4 cm³/mol. The van der Waals surface area contributed by atoms with Crippen LogP contribution >= 0.6 is 0 Å². The van der Waals surface area contributed by atoms with Crippen molar-refractivity contribution in [1.82, 2.24) is 15.3 Å². The SMILES string of the molecule is COc1nc2ccccc2nc1C(=O)NC1CCCCC1. The third-order valence-electron chi connectivity index (χ3n) is 3.89. The average molecular weight is 285 g/mol. The van der Waals surface area contributed by atoms with Crippen molar-refractivity contribution in [2.45, 2.75) is 38.1 Å². The standard InChI is InChI=1S/C16H19N3O2/c1-21-16-14(15(20)17-11-7-3-2-4-8-11)18-12-9-5-6-10-13(12)19-16/h5-6,9-11H,2-4,7-8H2,1H3,(H,17,20). The monoisotopic (exact) mass is 285 g/mol. The summed E-state index contributed by atoms with van der Waals surface area (Å²) < 4.78 is 5.23. The number of para-hydroxylation sites is 2. The second-order valence-electron chi connectivity index (χ2n) is 5.38. The molecule has 1 saturated carbocycles. The summed E-state index contributed by atoms with van der Waals surface area (Å²) in [6.45, 7) is 0. The quantitative estimate of drug-likeness (QED) is 0.941. The van der Waals surface area contributed by atoms with Gasteiger partial charge in [-0.2, -0.15) is 0 Å². The molecule has 0 unspecified atom stereocenters. The van der Waals surface area contributed by atoms with Crippen molar-refractivity contribution >= 4 is 16.9 Å². The van der Waals surface area contributed by atoms with Gasteiger partial charge in [-0.05, 0) is 25.0 Å². The van der Waals surface area contributed by atoms with Crippen molar-refractivity contribution in [3.05, 3.63) is 30.0 Å². The van der Waals surface area contributed by atoms with E-state index in [2.05, 4.69) is 15.3 Å². The van der Waals surface area contributed by atoms with Gasteiger partial charge in [0.1, 0.15) is 0 Å². The van der Waals surface area contributed by atoms with Gasteiger partial charge in [-0.1, -0.05) is 31.4 Å². The molecule has 5 nitrogen and oxygen atoms in total. The van der Waals surface area contributed by atoms with Gasteiger partial charge < -0.3 is 10.1 Å². The Balaban J connectivity index is 1.88. The zero-order chi connectivity index (χ0) is 14.7. The summed E-state index contributed by atoms with van der Waals surface area (Å²) in [7, 11) is 1.51. The minimum absolute atomic E-state index is 0.197.